The van der Waals surface area contributed by atoms with E-state index in [1.807, 2.05) is 0 Å². The number of carbonyl (C=O) groups is 1. The monoisotopic (exact) mass is 251 g/mol. The molecule has 2 N–H and O–H groups in total. The third-order valence-corrected chi connectivity index (χ3v) is 3.28. The lowest BCUT2D eigenvalue weighted by molar-refractivity contribution is 0.247. The van der Waals surface area contributed by atoms with Crippen LogP contribution in [0.15, 0.2) is 18.3 Å². The van der Waals surface area contributed by atoms with Gasteiger partial charge in [0, 0.05) is 12.7 Å². The summed E-state index contributed by atoms with van der Waals surface area (Å²) in [5, 5.41) is 5.25. The zero-order valence-corrected chi connectivity index (χ0v) is 10.3. The Labute approximate surface area is 106 Å². The van der Waals surface area contributed by atoms with Crippen molar-refractivity contribution in [1.29, 1.82) is 0 Å². The van der Waals surface area contributed by atoms with Gasteiger partial charge in [0.1, 0.15) is 0 Å². The minimum absolute atomic E-state index is 0.110. The highest BCUT2D eigenvalue weighted by Gasteiger charge is 2.14. The van der Waals surface area contributed by atoms with Crippen molar-refractivity contribution < 1.29 is 9.18 Å². The lowest BCUT2D eigenvalue weighted by atomic mass is 9.89. The zero-order chi connectivity index (χ0) is 12.8. The van der Waals surface area contributed by atoms with E-state index in [1.165, 1.54) is 44.4 Å². The summed E-state index contributed by atoms with van der Waals surface area (Å²) in [6, 6.07) is 2.70. The molecule has 0 bridgehead atoms. The van der Waals surface area contributed by atoms with E-state index in [0.717, 1.165) is 0 Å². The number of anilines is 1. The molecule has 1 aromatic heterocycles. The molecule has 1 aliphatic rings. The summed E-state index contributed by atoms with van der Waals surface area (Å²) in [7, 11) is 0. The van der Waals surface area contributed by atoms with Gasteiger partial charge in [-0.2, -0.15) is 4.39 Å². The molecule has 2 amide bonds. The maximum atomic E-state index is 13.2. The van der Waals surface area contributed by atoms with Crippen LogP contribution in [0.1, 0.15) is 32.1 Å². The van der Waals surface area contributed by atoms with Crippen LogP contribution in [0.25, 0.3) is 0 Å². The summed E-state index contributed by atoms with van der Waals surface area (Å²) >= 11 is 0. The van der Waals surface area contributed by atoms with Crippen LogP contribution in [0.3, 0.4) is 0 Å². The molecule has 1 saturated carbocycles. The first kappa shape index (κ1) is 12.8. The molecule has 0 aromatic carbocycles. The van der Waals surface area contributed by atoms with Gasteiger partial charge in [-0.1, -0.05) is 19.3 Å². The van der Waals surface area contributed by atoms with E-state index in [9.17, 15) is 9.18 Å². The van der Waals surface area contributed by atoms with Crippen LogP contribution in [-0.4, -0.2) is 17.6 Å². The number of amides is 2. The van der Waals surface area contributed by atoms with Gasteiger partial charge >= 0.3 is 6.03 Å². The summed E-state index contributed by atoms with van der Waals surface area (Å²) < 4.78 is 13.2. The van der Waals surface area contributed by atoms with Crippen LogP contribution in [0, 0.1) is 11.9 Å². The Morgan fingerprint density at radius 2 is 2.17 bits per heavy atom. The number of halogens is 1. The maximum Gasteiger partial charge on any atom is 0.319 e. The number of carbonyl (C=O) groups excluding carboxylic acids is 1. The normalized spacial score (nSPS) is 16.3. The van der Waals surface area contributed by atoms with Crippen LogP contribution in [0.4, 0.5) is 14.9 Å². The smallest absolute Gasteiger partial charge is 0.319 e. The first-order chi connectivity index (χ1) is 8.75. The fraction of sp³-hybridized carbons (Fsp3) is 0.538. The summed E-state index contributed by atoms with van der Waals surface area (Å²) in [6.45, 7) is 0.660. The summed E-state index contributed by atoms with van der Waals surface area (Å²) in [5.74, 6) is -0.103. The van der Waals surface area contributed by atoms with Crippen LogP contribution in [0.5, 0.6) is 0 Å². The van der Waals surface area contributed by atoms with E-state index in [0.29, 0.717) is 12.5 Å². The van der Waals surface area contributed by atoms with Crippen molar-refractivity contribution in [2.24, 2.45) is 5.92 Å². The van der Waals surface area contributed by atoms with Gasteiger partial charge in [-0.25, -0.2) is 9.78 Å². The Hall–Kier alpha value is -1.65. The van der Waals surface area contributed by atoms with Gasteiger partial charge in [-0.15, -0.1) is 0 Å². The summed E-state index contributed by atoms with van der Waals surface area (Å²) in [4.78, 5) is 15.1. The first-order valence-electron chi connectivity index (χ1n) is 6.41. The number of aromatic nitrogens is 1. The van der Waals surface area contributed by atoms with Crippen molar-refractivity contribution in [2.45, 2.75) is 32.1 Å². The Balaban J connectivity index is 1.76. The predicted octanol–water partition coefficient (Wildman–Crippen LogP) is 2.92. The van der Waals surface area contributed by atoms with Gasteiger partial charge in [0.25, 0.3) is 0 Å². The molecular formula is C13H18FN3O. The standard InChI is InChI=1S/C13H18FN3O/c14-12-11(7-4-8-15-12)17-13(18)16-9-10-5-2-1-3-6-10/h4,7-8,10H,1-3,5-6,9H2,(H2,16,17,18). The molecule has 0 saturated heterocycles. The fourth-order valence-corrected chi connectivity index (χ4v) is 2.27. The van der Waals surface area contributed by atoms with Gasteiger partial charge < -0.3 is 10.6 Å². The van der Waals surface area contributed by atoms with E-state index in [-0.39, 0.29) is 11.7 Å². The summed E-state index contributed by atoms with van der Waals surface area (Å²) in [5.41, 5.74) is 0.110. The van der Waals surface area contributed by atoms with Gasteiger partial charge in [0.15, 0.2) is 0 Å². The molecular weight excluding hydrogens is 233 g/mol. The third-order valence-electron chi connectivity index (χ3n) is 3.28. The highest BCUT2D eigenvalue weighted by Crippen LogP contribution is 2.22. The van der Waals surface area contributed by atoms with Gasteiger partial charge in [0.2, 0.25) is 5.95 Å². The van der Waals surface area contributed by atoms with Crippen molar-refractivity contribution in [3.63, 3.8) is 0 Å². The zero-order valence-electron chi connectivity index (χ0n) is 10.3. The number of nitrogens with one attached hydrogen (secondary N) is 2. The summed E-state index contributed by atoms with van der Waals surface area (Å²) in [6.07, 6.45) is 7.46. The third kappa shape index (κ3) is 3.68. The molecule has 0 spiro atoms. The van der Waals surface area contributed by atoms with E-state index < -0.39 is 5.95 Å². The molecule has 0 atom stereocenters. The van der Waals surface area contributed by atoms with E-state index >= 15 is 0 Å². The van der Waals surface area contributed by atoms with Crippen LogP contribution in [-0.2, 0) is 0 Å². The van der Waals surface area contributed by atoms with Crippen molar-refractivity contribution in [2.75, 3.05) is 11.9 Å². The van der Waals surface area contributed by atoms with Crippen molar-refractivity contribution in [3.8, 4) is 0 Å². The molecule has 18 heavy (non-hydrogen) atoms. The lowest BCUT2D eigenvalue weighted by Gasteiger charge is -2.21. The first-order valence-corrected chi connectivity index (χ1v) is 6.41. The Kier molecular flexibility index (Phi) is 4.50. The highest BCUT2D eigenvalue weighted by atomic mass is 19.1. The molecule has 1 fully saturated rings. The SMILES string of the molecule is O=C(NCC1CCCCC1)Nc1cccnc1F. The Morgan fingerprint density at radius 1 is 1.39 bits per heavy atom. The minimum atomic E-state index is -0.662. The number of pyridine rings is 1. The van der Waals surface area contributed by atoms with Gasteiger partial charge in [-0.05, 0) is 30.9 Å². The molecule has 4 nitrogen and oxygen atoms in total. The van der Waals surface area contributed by atoms with Crippen molar-refractivity contribution in [3.05, 3.63) is 24.3 Å². The highest BCUT2D eigenvalue weighted by molar-refractivity contribution is 5.89. The molecule has 0 unspecified atom stereocenters. The number of hydrogen-bond donors (Lipinski definition) is 2. The molecule has 2 rings (SSSR count). The molecule has 1 heterocycles. The Bertz CT molecular complexity index is 405. The average Bonchev–Trinajstić information content (AvgIpc) is 2.40. The number of hydrogen-bond acceptors (Lipinski definition) is 2. The molecule has 98 valence electrons. The number of rotatable bonds is 3. The molecule has 1 aromatic rings. The molecule has 1 aliphatic carbocycles. The maximum absolute atomic E-state index is 13.2. The van der Waals surface area contributed by atoms with E-state index in [2.05, 4.69) is 15.6 Å². The van der Waals surface area contributed by atoms with Gasteiger partial charge in [-0.3, -0.25) is 0 Å². The van der Waals surface area contributed by atoms with Gasteiger partial charge in [0.05, 0.1) is 5.69 Å². The second-order valence-electron chi connectivity index (χ2n) is 4.68. The molecule has 5 heteroatoms. The second kappa shape index (κ2) is 6.33. The quantitative estimate of drug-likeness (QED) is 0.811. The average molecular weight is 251 g/mol. The molecule has 0 aliphatic heterocycles. The van der Waals surface area contributed by atoms with Crippen LogP contribution in [0.2, 0.25) is 0 Å². The second-order valence-corrected chi connectivity index (χ2v) is 4.68. The van der Waals surface area contributed by atoms with E-state index in [1.54, 1.807) is 6.07 Å². The van der Waals surface area contributed by atoms with Crippen molar-refractivity contribution in [1.82, 2.24) is 10.3 Å². The molecule has 0 radical (unpaired) electrons. The number of urea groups is 1. The van der Waals surface area contributed by atoms with E-state index in [4.69, 9.17) is 0 Å². The lowest BCUT2D eigenvalue weighted by Crippen LogP contribution is -2.34. The predicted molar refractivity (Wildman–Crippen MR) is 67.8 cm³/mol. The Morgan fingerprint density at radius 3 is 2.89 bits per heavy atom. The minimum Gasteiger partial charge on any atom is -0.338 e. The van der Waals surface area contributed by atoms with Crippen LogP contribution >= 0.6 is 0 Å². The fourth-order valence-electron chi connectivity index (χ4n) is 2.27. The van der Waals surface area contributed by atoms with Crippen molar-refractivity contribution >= 4 is 11.7 Å². The topological polar surface area (TPSA) is 54.0 Å². The largest absolute Gasteiger partial charge is 0.338 e. The van der Waals surface area contributed by atoms with Crippen LogP contribution < -0.4 is 10.6 Å². The number of nitrogens with zero attached hydrogens (tertiary/aromatic N) is 1.